The van der Waals surface area contributed by atoms with Crippen molar-refractivity contribution in [3.05, 3.63) is 71.4 Å². The summed E-state index contributed by atoms with van der Waals surface area (Å²) in [6.07, 6.45) is 6.95. The zero-order valence-electron chi connectivity index (χ0n) is 26.5. The molecule has 0 saturated heterocycles. The first-order chi connectivity index (χ1) is 22.1. The predicted octanol–water partition coefficient (Wildman–Crippen LogP) is 3.60. The van der Waals surface area contributed by atoms with Gasteiger partial charge >= 0.3 is 18.0 Å². The minimum absolute atomic E-state index is 0.0584. The highest BCUT2D eigenvalue weighted by Gasteiger charge is 2.36. The molecule has 12 nitrogen and oxygen atoms in total. The molecule has 0 aromatic rings. The Kier molecular flexibility index (Phi) is 19.2. The van der Waals surface area contributed by atoms with Crippen molar-refractivity contribution < 1.29 is 54.2 Å². The number of nitrogens with two attached hydrogens (primary N) is 1. The molecule has 0 unspecified atom stereocenters. The number of allylic oxidation sites excluding steroid dienone is 9. The molecule has 0 spiro atoms. The lowest BCUT2D eigenvalue weighted by Gasteiger charge is -2.30. The van der Waals surface area contributed by atoms with Crippen LogP contribution in [0.25, 0.3) is 0 Å². The van der Waals surface area contributed by atoms with Crippen LogP contribution in [0, 0.1) is 11.8 Å². The van der Waals surface area contributed by atoms with Crippen molar-refractivity contribution >= 4 is 47.0 Å². The summed E-state index contributed by atoms with van der Waals surface area (Å²) in [5, 5.41) is 49.4. The Labute approximate surface area is 284 Å². The number of Topliss-reactive ketones (excluding diaryl/α,β-unsaturated/α-hetero) is 1. The van der Waals surface area contributed by atoms with Gasteiger partial charge in [-0.3, -0.25) is 9.59 Å². The van der Waals surface area contributed by atoms with E-state index >= 15 is 0 Å². The molecule has 0 aromatic carbocycles. The van der Waals surface area contributed by atoms with Crippen LogP contribution in [-0.4, -0.2) is 91.3 Å². The molecule has 0 aliphatic heterocycles. The number of carbonyl (C=O) groups is 4. The van der Waals surface area contributed by atoms with Gasteiger partial charge in [-0.25, -0.2) is 9.59 Å². The maximum absolute atomic E-state index is 12.6. The van der Waals surface area contributed by atoms with Crippen molar-refractivity contribution in [3.8, 4) is 0 Å². The largest absolute Gasteiger partial charge is 0.481 e. The van der Waals surface area contributed by atoms with Gasteiger partial charge in [0.1, 0.15) is 23.7 Å². The molecule has 7 N–H and O–H groups in total. The van der Waals surface area contributed by atoms with E-state index in [1.807, 2.05) is 6.92 Å². The third-order valence-electron chi connectivity index (χ3n) is 7.31. The summed E-state index contributed by atoms with van der Waals surface area (Å²) in [7, 11) is 0. The minimum atomic E-state index is -1.89. The van der Waals surface area contributed by atoms with Gasteiger partial charge in [0, 0.05) is 29.9 Å². The highest BCUT2D eigenvalue weighted by Crippen LogP contribution is 2.27. The molecule has 262 valence electrons. The first-order valence-corrected chi connectivity index (χ1v) is 15.9. The molecule has 0 radical (unpaired) electrons. The van der Waals surface area contributed by atoms with E-state index in [9.17, 15) is 39.6 Å². The van der Waals surface area contributed by atoms with Gasteiger partial charge in [-0.15, -0.1) is 11.6 Å². The van der Waals surface area contributed by atoms with Gasteiger partial charge in [0.25, 0.3) is 0 Å². The summed E-state index contributed by atoms with van der Waals surface area (Å²) in [4.78, 5) is 47.0. The van der Waals surface area contributed by atoms with E-state index in [1.165, 1.54) is 31.2 Å². The molecule has 1 fully saturated rings. The first kappa shape index (κ1) is 41.8. The van der Waals surface area contributed by atoms with Gasteiger partial charge < -0.3 is 40.7 Å². The molecule has 1 saturated carbocycles. The fraction of sp³-hybridized carbons (Fsp3) is 0.515. The highest BCUT2D eigenvalue weighted by atomic mass is 35.5. The first-order valence-electron chi connectivity index (χ1n) is 15.1. The van der Waals surface area contributed by atoms with Crippen LogP contribution >= 0.6 is 23.2 Å². The SMILES string of the molecule is CC/C=C/[C@H](OC(N)=O)[C@H](Cl)[C@H](O)CC(=O)[C@@H](O)[C@@H](O)[C@@H](C)/C(Cl)=C/C=C/C=C(C)/C=C/C=C/C(=O)O[C@@H]1C[C@@H](C(=O)O)CC[C@@H]1O. The molecular weight excluding hydrogens is 657 g/mol. The number of aliphatic hydroxyl groups excluding tert-OH is 4. The minimum Gasteiger partial charge on any atom is -0.481 e. The van der Waals surface area contributed by atoms with Crippen molar-refractivity contribution in [2.75, 3.05) is 0 Å². The van der Waals surface area contributed by atoms with Crippen LogP contribution in [0.15, 0.2) is 71.4 Å². The Morgan fingerprint density at radius 1 is 1.02 bits per heavy atom. The summed E-state index contributed by atoms with van der Waals surface area (Å²) in [6.45, 7) is 5.12. The normalized spacial score (nSPS) is 23.5. The molecule has 0 heterocycles. The fourth-order valence-electron chi connectivity index (χ4n) is 4.46. The number of ether oxygens (including phenoxy) is 2. The molecule has 1 aliphatic rings. The number of hydrogen-bond donors (Lipinski definition) is 6. The smallest absolute Gasteiger partial charge is 0.405 e. The lowest BCUT2D eigenvalue weighted by molar-refractivity contribution is -0.159. The number of aliphatic carboxylic acids is 1. The number of rotatable bonds is 18. The zero-order valence-corrected chi connectivity index (χ0v) is 28.0. The van der Waals surface area contributed by atoms with E-state index in [-0.39, 0.29) is 17.9 Å². The summed E-state index contributed by atoms with van der Waals surface area (Å²) in [5.74, 6) is -4.10. The summed E-state index contributed by atoms with van der Waals surface area (Å²) >= 11 is 12.5. The fourth-order valence-corrected chi connectivity index (χ4v) is 4.88. The number of carboxylic acids is 1. The number of primary amides is 1. The van der Waals surface area contributed by atoms with Gasteiger partial charge in [-0.1, -0.05) is 73.6 Å². The number of carbonyl (C=O) groups excluding carboxylic acids is 3. The Bertz CT molecular complexity index is 1240. The van der Waals surface area contributed by atoms with Crippen molar-refractivity contribution in [2.24, 2.45) is 17.6 Å². The van der Waals surface area contributed by atoms with E-state index in [0.717, 1.165) is 5.57 Å². The Hall–Kier alpha value is -3.26. The number of carboxylic acid groups (broad SMARTS) is 1. The monoisotopic (exact) mass is 701 g/mol. The molecule has 14 heteroatoms. The summed E-state index contributed by atoms with van der Waals surface area (Å²) < 4.78 is 10.1. The summed E-state index contributed by atoms with van der Waals surface area (Å²) in [6, 6.07) is 0. The molecule has 0 aromatic heterocycles. The van der Waals surface area contributed by atoms with Crippen LogP contribution < -0.4 is 5.73 Å². The van der Waals surface area contributed by atoms with E-state index in [4.69, 9.17) is 43.5 Å². The van der Waals surface area contributed by atoms with Gasteiger partial charge in [-0.05, 0) is 38.3 Å². The van der Waals surface area contributed by atoms with E-state index in [1.54, 1.807) is 43.4 Å². The van der Waals surface area contributed by atoms with Gasteiger partial charge in [0.05, 0.1) is 24.2 Å². The Morgan fingerprint density at radius 2 is 1.66 bits per heavy atom. The van der Waals surface area contributed by atoms with Crippen LogP contribution in [0.5, 0.6) is 0 Å². The quantitative estimate of drug-likeness (QED) is 0.0399. The Morgan fingerprint density at radius 3 is 2.28 bits per heavy atom. The van der Waals surface area contributed by atoms with E-state index < -0.39 is 84.1 Å². The number of alkyl halides is 1. The topological polar surface area (TPSA) is 214 Å². The molecule has 9 atom stereocenters. The number of hydrogen-bond acceptors (Lipinski definition) is 10. The Balaban J connectivity index is 2.66. The molecule has 0 bridgehead atoms. The molecule has 1 amide bonds. The van der Waals surface area contributed by atoms with Gasteiger partial charge in [0.15, 0.2) is 5.78 Å². The molecule has 1 rings (SSSR count). The van der Waals surface area contributed by atoms with Crippen LogP contribution in [0.4, 0.5) is 4.79 Å². The maximum Gasteiger partial charge on any atom is 0.405 e. The van der Waals surface area contributed by atoms with Crippen molar-refractivity contribution in [1.29, 1.82) is 0 Å². The second kappa shape index (κ2) is 21.6. The predicted molar refractivity (Wildman–Crippen MR) is 176 cm³/mol. The van der Waals surface area contributed by atoms with Crippen LogP contribution in [-0.2, 0) is 23.9 Å². The van der Waals surface area contributed by atoms with Crippen molar-refractivity contribution in [1.82, 2.24) is 0 Å². The van der Waals surface area contributed by atoms with E-state index in [2.05, 4.69) is 0 Å². The highest BCUT2D eigenvalue weighted by molar-refractivity contribution is 6.30. The second-order valence-corrected chi connectivity index (χ2v) is 12.0. The molecule has 47 heavy (non-hydrogen) atoms. The lowest BCUT2D eigenvalue weighted by Crippen LogP contribution is -2.43. The standard InChI is InChI=1S/C33H45Cl2NO11/c1-4-5-13-26(47-33(36)45)29(35)24(38)18-25(39)31(42)30(41)20(3)22(34)12-8-6-10-19(2)11-7-9-14-28(40)46-27-17-21(32(43)44)15-16-23(27)37/h5-14,20-21,23-24,26-27,29-31,37-38,41-42H,4,15-18H2,1-3H3,(H2,36,45)(H,43,44)/b8-6+,11-7+,13-5+,14-9+,19-10+,22-12-/t20-,21-,23-,24+,26-,27+,29+,30-,31+/m0/s1. The number of esters is 1. The zero-order chi connectivity index (χ0) is 35.7. The molecular formula is C33H45Cl2NO11. The van der Waals surface area contributed by atoms with Crippen molar-refractivity contribution in [3.63, 3.8) is 0 Å². The van der Waals surface area contributed by atoms with Crippen LogP contribution in [0.3, 0.4) is 0 Å². The van der Waals surface area contributed by atoms with Crippen molar-refractivity contribution in [2.45, 2.75) is 94.9 Å². The third kappa shape index (κ3) is 15.5. The molecule has 1 aliphatic carbocycles. The van der Waals surface area contributed by atoms with Crippen LogP contribution in [0.2, 0.25) is 0 Å². The second-order valence-electron chi connectivity index (χ2n) is 11.1. The summed E-state index contributed by atoms with van der Waals surface area (Å²) in [5.41, 5.74) is 5.83. The number of amides is 1. The van der Waals surface area contributed by atoms with Gasteiger partial charge in [0.2, 0.25) is 0 Å². The average molecular weight is 703 g/mol. The number of aliphatic hydroxyl groups is 4. The maximum atomic E-state index is 12.6. The third-order valence-corrected chi connectivity index (χ3v) is 8.32. The lowest BCUT2D eigenvalue weighted by atomic mass is 9.85. The van der Waals surface area contributed by atoms with Crippen LogP contribution in [0.1, 0.15) is 52.9 Å². The number of halogens is 2. The van der Waals surface area contributed by atoms with Gasteiger partial charge in [-0.2, -0.15) is 0 Å². The number of ketones is 1. The average Bonchev–Trinajstić information content (AvgIpc) is 3.02. The van der Waals surface area contributed by atoms with E-state index in [0.29, 0.717) is 12.8 Å².